The lowest BCUT2D eigenvalue weighted by molar-refractivity contribution is 0.145. The summed E-state index contributed by atoms with van der Waals surface area (Å²) in [4.78, 5) is 11.7. The molecule has 0 spiro atoms. The minimum Gasteiger partial charge on any atom is -0.393 e. The molecule has 0 saturated carbocycles. The number of nitrogens with one attached hydrogen (secondary N) is 3. The first kappa shape index (κ1) is 21.9. The number of amidine groups is 1. The maximum Gasteiger partial charge on any atom is 0.190 e. The number of H-pyrrole nitrogens is 1. The lowest BCUT2D eigenvalue weighted by Gasteiger charge is -2.38. The molecule has 172 valence electrons. The molecular weight excluding hydrogens is 432 g/mol. The first-order valence-electron chi connectivity index (χ1n) is 11.3. The van der Waals surface area contributed by atoms with E-state index in [9.17, 15) is 5.11 Å². The van der Waals surface area contributed by atoms with Crippen LogP contribution in [0.5, 0.6) is 0 Å². The number of hydrogen-bond acceptors (Lipinski definition) is 6. The maximum atomic E-state index is 9.78. The first-order chi connectivity index (χ1) is 16.1. The fourth-order valence-corrected chi connectivity index (χ4v) is 5.09. The molecule has 0 aliphatic carbocycles. The molecule has 3 aromatic rings. The van der Waals surface area contributed by atoms with Crippen LogP contribution in [-0.2, 0) is 12.3 Å². The van der Waals surface area contributed by atoms with E-state index < -0.39 is 5.79 Å². The van der Waals surface area contributed by atoms with Gasteiger partial charge in [0, 0.05) is 35.4 Å². The van der Waals surface area contributed by atoms with Crippen LogP contribution in [0.4, 0.5) is 11.4 Å². The van der Waals surface area contributed by atoms with Crippen molar-refractivity contribution in [3.8, 4) is 0 Å². The summed E-state index contributed by atoms with van der Waals surface area (Å²) in [5.41, 5.74) is 11.9. The molecule has 0 radical (unpaired) electrons. The zero-order chi connectivity index (χ0) is 22.8. The Bertz CT molecular complexity index is 1140. The molecule has 3 heterocycles. The highest BCUT2D eigenvalue weighted by molar-refractivity contribution is 7.98. The van der Waals surface area contributed by atoms with Gasteiger partial charge in [-0.25, -0.2) is 0 Å². The number of rotatable bonds is 5. The summed E-state index contributed by atoms with van der Waals surface area (Å²) >= 11 is 1.73. The topological polar surface area (TPSA) is 102 Å². The van der Waals surface area contributed by atoms with E-state index in [0.29, 0.717) is 6.54 Å². The van der Waals surface area contributed by atoms with Gasteiger partial charge in [0.15, 0.2) is 11.6 Å². The van der Waals surface area contributed by atoms with Crippen molar-refractivity contribution in [2.75, 3.05) is 29.6 Å². The molecule has 33 heavy (non-hydrogen) atoms. The Balaban J connectivity index is 1.39. The molecule has 6 N–H and O–H groups in total. The van der Waals surface area contributed by atoms with Crippen molar-refractivity contribution in [2.24, 2.45) is 10.7 Å². The van der Waals surface area contributed by atoms with E-state index in [-0.39, 0.29) is 6.10 Å². The van der Waals surface area contributed by atoms with Crippen LogP contribution in [0.25, 0.3) is 0 Å². The number of aromatic nitrogens is 1. The molecule has 1 unspecified atom stereocenters. The number of hydrogen-bond donors (Lipinski definition) is 5. The van der Waals surface area contributed by atoms with E-state index in [1.54, 1.807) is 11.8 Å². The van der Waals surface area contributed by atoms with Gasteiger partial charge in [-0.1, -0.05) is 30.3 Å². The van der Waals surface area contributed by atoms with Gasteiger partial charge in [-0.05, 0) is 48.9 Å². The van der Waals surface area contributed by atoms with Crippen LogP contribution in [0.1, 0.15) is 29.7 Å². The molecule has 1 atom stereocenters. The molecule has 0 bridgehead atoms. The van der Waals surface area contributed by atoms with Gasteiger partial charge in [-0.15, -0.1) is 11.8 Å². The van der Waals surface area contributed by atoms with Crippen LogP contribution in [0.2, 0.25) is 0 Å². The third-order valence-electron chi connectivity index (χ3n) is 6.38. The van der Waals surface area contributed by atoms with Crippen LogP contribution in [0.3, 0.4) is 0 Å². The van der Waals surface area contributed by atoms with Crippen molar-refractivity contribution in [2.45, 2.75) is 36.2 Å². The lowest BCUT2D eigenvalue weighted by atomic mass is 10.0. The second-order valence-electron chi connectivity index (χ2n) is 8.57. The van der Waals surface area contributed by atoms with Gasteiger partial charge in [0.1, 0.15) is 5.69 Å². The molecule has 8 heteroatoms. The van der Waals surface area contributed by atoms with Gasteiger partial charge in [-0.3, -0.25) is 10.7 Å². The Morgan fingerprint density at radius 3 is 2.61 bits per heavy atom. The van der Waals surface area contributed by atoms with E-state index >= 15 is 0 Å². The normalized spacial score (nSPS) is 22.0. The number of piperidine rings is 1. The number of thioether (sulfide) groups is 1. The highest BCUT2D eigenvalue weighted by Gasteiger charge is 2.35. The fraction of sp³-hybridized carbons (Fsp3) is 0.320. The number of fused-ring (bicyclic) bond motifs is 1. The van der Waals surface area contributed by atoms with E-state index in [1.807, 2.05) is 18.3 Å². The van der Waals surface area contributed by atoms with E-state index in [4.69, 9.17) is 10.7 Å². The Kier molecular flexibility index (Phi) is 6.05. The first-order valence-corrected chi connectivity index (χ1v) is 12.5. The summed E-state index contributed by atoms with van der Waals surface area (Å²) in [6.45, 7) is 2.30. The number of aromatic amines is 1. The maximum absolute atomic E-state index is 9.78. The Morgan fingerprint density at radius 2 is 1.85 bits per heavy atom. The fourth-order valence-electron chi connectivity index (χ4n) is 4.48. The molecule has 2 aromatic carbocycles. The predicted molar refractivity (Wildman–Crippen MR) is 136 cm³/mol. The molecule has 0 amide bonds. The summed E-state index contributed by atoms with van der Waals surface area (Å²) in [5, 5.41) is 16.6. The summed E-state index contributed by atoms with van der Waals surface area (Å²) in [5.74, 6) is -0.245. The van der Waals surface area contributed by atoms with Crippen molar-refractivity contribution in [1.82, 2.24) is 10.3 Å². The van der Waals surface area contributed by atoms with Crippen molar-refractivity contribution >= 4 is 29.0 Å². The number of aliphatic imine (C=N–C) groups is 1. The number of nitrogens with zero attached hydrogens (tertiary/aromatic N) is 2. The summed E-state index contributed by atoms with van der Waals surface area (Å²) in [6, 6.07) is 18.6. The van der Waals surface area contributed by atoms with Crippen LogP contribution in [0.15, 0.2) is 70.7 Å². The average molecular weight is 463 g/mol. The van der Waals surface area contributed by atoms with E-state index in [2.05, 4.69) is 69.2 Å². The standard InChI is InChI=1S/C25H30N6OS/c1-33-22-5-3-2-4-17(22)16-28-24-23-21(10-13-27-23)29-25(26,30-24)18-6-8-19(9-7-18)31-14-11-20(32)12-15-31/h2-10,13,20,27,29,32H,11-12,14-16,26H2,1H3,(H,28,30). The highest BCUT2D eigenvalue weighted by Crippen LogP contribution is 2.30. The predicted octanol–water partition coefficient (Wildman–Crippen LogP) is 3.43. The summed E-state index contributed by atoms with van der Waals surface area (Å²) < 4.78 is 0. The smallest absolute Gasteiger partial charge is 0.190 e. The number of aliphatic hydroxyl groups is 1. The van der Waals surface area contributed by atoms with Gasteiger partial charge < -0.3 is 25.6 Å². The molecule has 7 nitrogen and oxygen atoms in total. The van der Waals surface area contributed by atoms with Crippen molar-refractivity contribution in [1.29, 1.82) is 0 Å². The largest absolute Gasteiger partial charge is 0.393 e. The number of nitrogens with two attached hydrogens (primary N) is 1. The average Bonchev–Trinajstić information content (AvgIpc) is 3.31. The SMILES string of the molecule is CSc1ccccc1CN=C1NC(N)(c2ccc(N3CCC(O)CC3)cc2)Nc2cc[nH]c21. The van der Waals surface area contributed by atoms with E-state index in [1.165, 1.54) is 10.5 Å². The van der Waals surface area contributed by atoms with Crippen LogP contribution >= 0.6 is 11.8 Å². The number of anilines is 2. The van der Waals surface area contributed by atoms with Gasteiger partial charge in [0.05, 0.1) is 18.3 Å². The minimum atomic E-state index is -0.982. The quantitative estimate of drug-likeness (QED) is 0.373. The van der Waals surface area contributed by atoms with Gasteiger partial charge in [-0.2, -0.15) is 0 Å². The Labute approximate surface area is 198 Å². The number of aliphatic hydroxyl groups excluding tert-OH is 1. The third-order valence-corrected chi connectivity index (χ3v) is 7.22. The second-order valence-corrected chi connectivity index (χ2v) is 9.41. The summed E-state index contributed by atoms with van der Waals surface area (Å²) in [6.07, 6.45) is 5.41. The second kappa shape index (κ2) is 9.13. The van der Waals surface area contributed by atoms with Crippen molar-refractivity contribution in [3.63, 3.8) is 0 Å². The van der Waals surface area contributed by atoms with Crippen LogP contribution in [-0.4, -0.2) is 41.4 Å². The van der Waals surface area contributed by atoms with Crippen molar-refractivity contribution < 1.29 is 5.11 Å². The monoisotopic (exact) mass is 462 g/mol. The Hall–Kier alpha value is -2.94. The molecule has 1 aromatic heterocycles. The van der Waals surface area contributed by atoms with Crippen LogP contribution < -0.4 is 21.3 Å². The highest BCUT2D eigenvalue weighted by atomic mass is 32.2. The van der Waals surface area contributed by atoms with E-state index in [0.717, 1.165) is 54.4 Å². The van der Waals surface area contributed by atoms with Crippen LogP contribution in [0, 0.1) is 0 Å². The molecule has 2 aliphatic heterocycles. The zero-order valence-corrected chi connectivity index (χ0v) is 19.5. The molecule has 5 rings (SSSR count). The molecule has 1 fully saturated rings. The van der Waals surface area contributed by atoms with Gasteiger partial charge >= 0.3 is 0 Å². The molecule has 1 saturated heterocycles. The Morgan fingerprint density at radius 1 is 1.09 bits per heavy atom. The lowest BCUT2D eigenvalue weighted by Crippen LogP contribution is -2.61. The number of benzene rings is 2. The van der Waals surface area contributed by atoms with Gasteiger partial charge in [0.2, 0.25) is 0 Å². The third kappa shape index (κ3) is 4.46. The van der Waals surface area contributed by atoms with Gasteiger partial charge in [0.25, 0.3) is 0 Å². The minimum absolute atomic E-state index is 0.181. The molecule has 2 aliphatic rings. The summed E-state index contributed by atoms with van der Waals surface area (Å²) in [7, 11) is 0. The van der Waals surface area contributed by atoms with Crippen molar-refractivity contribution in [3.05, 3.63) is 77.6 Å². The zero-order valence-electron chi connectivity index (χ0n) is 18.7. The molecular formula is C25H30N6OS.